The number of nitrogens with one attached hydrogen (secondary N) is 2. The van der Waals surface area contributed by atoms with Gasteiger partial charge in [-0.3, -0.25) is 9.59 Å². The number of rotatable bonds is 3. The average molecular weight is 332 g/mol. The molecular formula is C19H16N4O2. The SMILES string of the molecule is CN(C)c1cccc(Nc2nc3c(c4ccccc24)C(=O)C(=O)N3)c1. The van der Waals surface area contributed by atoms with Crippen LogP contribution in [0.15, 0.2) is 48.5 Å². The molecule has 0 fully saturated rings. The van der Waals surface area contributed by atoms with Crippen molar-refractivity contribution in [3.05, 3.63) is 54.1 Å². The van der Waals surface area contributed by atoms with Gasteiger partial charge in [0.05, 0.1) is 5.56 Å². The van der Waals surface area contributed by atoms with Crippen LogP contribution in [0.2, 0.25) is 0 Å². The summed E-state index contributed by atoms with van der Waals surface area (Å²) >= 11 is 0. The smallest absolute Gasteiger partial charge is 0.298 e. The summed E-state index contributed by atoms with van der Waals surface area (Å²) < 4.78 is 0. The minimum Gasteiger partial charge on any atom is -0.378 e. The van der Waals surface area contributed by atoms with E-state index in [2.05, 4.69) is 15.6 Å². The van der Waals surface area contributed by atoms with Gasteiger partial charge in [0.2, 0.25) is 0 Å². The van der Waals surface area contributed by atoms with Crippen molar-refractivity contribution in [2.75, 3.05) is 29.6 Å². The molecule has 2 N–H and O–H groups in total. The topological polar surface area (TPSA) is 74.3 Å². The fourth-order valence-corrected chi connectivity index (χ4v) is 2.96. The van der Waals surface area contributed by atoms with Crippen LogP contribution >= 0.6 is 0 Å². The molecule has 6 nitrogen and oxygen atoms in total. The number of hydrogen-bond acceptors (Lipinski definition) is 5. The lowest BCUT2D eigenvalue weighted by molar-refractivity contribution is -0.112. The molecule has 6 heteroatoms. The molecule has 25 heavy (non-hydrogen) atoms. The third kappa shape index (κ3) is 2.48. The molecule has 2 aromatic carbocycles. The summed E-state index contributed by atoms with van der Waals surface area (Å²) in [6, 6.07) is 15.4. The molecule has 0 unspecified atom stereocenters. The fourth-order valence-electron chi connectivity index (χ4n) is 2.96. The van der Waals surface area contributed by atoms with Crippen LogP contribution in [-0.4, -0.2) is 30.8 Å². The molecule has 0 bridgehead atoms. The average Bonchev–Trinajstić information content (AvgIpc) is 2.89. The number of nitrogens with zero attached hydrogens (tertiary/aromatic N) is 2. The van der Waals surface area contributed by atoms with Gasteiger partial charge >= 0.3 is 0 Å². The number of aromatic nitrogens is 1. The fraction of sp³-hybridized carbons (Fsp3) is 0.105. The van der Waals surface area contributed by atoms with Crippen LogP contribution in [0.4, 0.5) is 23.0 Å². The van der Waals surface area contributed by atoms with Crippen molar-refractivity contribution in [3.8, 4) is 0 Å². The normalized spacial score (nSPS) is 12.9. The number of fused-ring (bicyclic) bond motifs is 3. The lowest BCUT2D eigenvalue weighted by Gasteiger charge is -2.15. The molecular weight excluding hydrogens is 316 g/mol. The van der Waals surface area contributed by atoms with Crippen molar-refractivity contribution >= 4 is 45.5 Å². The lowest BCUT2D eigenvalue weighted by Crippen LogP contribution is -2.12. The van der Waals surface area contributed by atoms with Gasteiger partial charge in [-0.15, -0.1) is 0 Å². The van der Waals surface area contributed by atoms with E-state index >= 15 is 0 Å². The van der Waals surface area contributed by atoms with Crippen molar-refractivity contribution < 1.29 is 9.59 Å². The number of ketones is 1. The summed E-state index contributed by atoms with van der Waals surface area (Å²) in [5, 5.41) is 7.35. The first-order valence-corrected chi connectivity index (χ1v) is 7.87. The number of anilines is 4. The molecule has 1 amide bonds. The highest BCUT2D eigenvalue weighted by molar-refractivity contribution is 6.53. The number of hydrogen-bond donors (Lipinski definition) is 2. The van der Waals surface area contributed by atoms with Crippen molar-refractivity contribution in [2.24, 2.45) is 0 Å². The second kappa shape index (κ2) is 5.59. The Morgan fingerprint density at radius 3 is 2.52 bits per heavy atom. The van der Waals surface area contributed by atoms with Crippen molar-refractivity contribution in [2.45, 2.75) is 0 Å². The standard InChI is InChI=1S/C19H16N4O2/c1-23(2)12-7-5-6-11(10-12)20-17-14-9-4-3-8-13(14)15-16(24)19(25)22-18(15)21-17/h3-10H,1-2H3,(H2,20,21,22,24,25). The summed E-state index contributed by atoms with van der Waals surface area (Å²) in [7, 11) is 3.95. The van der Waals surface area contributed by atoms with E-state index in [0.717, 1.165) is 16.8 Å². The Kier molecular flexibility index (Phi) is 3.39. The lowest BCUT2D eigenvalue weighted by atomic mass is 10.0. The zero-order valence-corrected chi connectivity index (χ0v) is 13.8. The summed E-state index contributed by atoms with van der Waals surface area (Å²) in [6.45, 7) is 0. The second-order valence-corrected chi connectivity index (χ2v) is 6.08. The Hall–Kier alpha value is -3.41. The Labute approximate surface area is 144 Å². The maximum Gasteiger partial charge on any atom is 0.298 e. The molecule has 4 rings (SSSR count). The molecule has 124 valence electrons. The van der Waals surface area contributed by atoms with Gasteiger partial charge < -0.3 is 15.5 Å². The number of amides is 1. The first-order valence-electron chi connectivity index (χ1n) is 7.87. The zero-order valence-electron chi connectivity index (χ0n) is 13.8. The van der Waals surface area contributed by atoms with Gasteiger partial charge in [-0.05, 0) is 18.2 Å². The van der Waals surface area contributed by atoms with Crippen LogP contribution in [0.3, 0.4) is 0 Å². The zero-order chi connectivity index (χ0) is 17.6. The second-order valence-electron chi connectivity index (χ2n) is 6.08. The van der Waals surface area contributed by atoms with Gasteiger partial charge in [0.15, 0.2) is 0 Å². The molecule has 3 aromatic rings. The largest absolute Gasteiger partial charge is 0.378 e. The summed E-state index contributed by atoms with van der Waals surface area (Å²) in [6.07, 6.45) is 0. The molecule has 0 radical (unpaired) electrons. The number of pyridine rings is 1. The van der Waals surface area contributed by atoms with Gasteiger partial charge in [-0.25, -0.2) is 4.98 Å². The van der Waals surface area contributed by atoms with E-state index in [-0.39, 0.29) is 0 Å². The Balaban J connectivity index is 1.85. The van der Waals surface area contributed by atoms with Gasteiger partial charge in [0.1, 0.15) is 11.6 Å². The quantitative estimate of drug-likeness (QED) is 0.721. The van der Waals surface area contributed by atoms with E-state index in [1.165, 1.54) is 0 Å². The van der Waals surface area contributed by atoms with E-state index in [1.807, 2.05) is 67.5 Å². The summed E-state index contributed by atoms with van der Waals surface area (Å²) in [4.78, 5) is 30.3. The van der Waals surface area contributed by atoms with Crippen LogP contribution in [0.1, 0.15) is 10.4 Å². The van der Waals surface area contributed by atoms with E-state index in [9.17, 15) is 9.59 Å². The first kappa shape index (κ1) is 15.1. The number of carbonyl (C=O) groups excluding carboxylic acids is 2. The molecule has 0 atom stereocenters. The summed E-state index contributed by atoms with van der Waals surface area (Å²) in [5.41, 5.74) is 2.27. The molecule has 2 heterocycles. The molecule has 0 saturated carbocycles. The van der Waals surface area contributed by atoms with Gasteiger partial charge in [0.25, 0.3) is 11.7 Å². The maximum atomic E-state index is 12.1. The minimum absolute atomic E-state index is 0.306. The molecule has 0 aliphatic carbocycles. The number of benzene rings is 2. The highest BCUT2D eigenvalue weighted by atomic mass is 16.2. The Morgan fingerprint density at radius 1 is 1.00 bits per heavy atom. The Morgan fingerprint density at radius 2 is 1.76 bits per heavy atom. The summed E-state index contributed by atoms with van der Waals surface area (Å²) in [5.74, 6) is -0.278. The van der Waals surface area contributed by atoms with E-state index in [1.54, 1.807) is 0 Å². The van der Waals surface area contributed by atoms with Crippen molar-refractivity contribution in [3.63, 3.8) is 0 Å². The van der Waals surface area contributed by atoms with Crippen molar-refractivity contribution in [1.82, 2.24) is 4.98 Å². The molecule has 0 saturated heterocycles. The third-order valence-corrected chi connectivity index (χ3v) is 4.20. The van der Waals surface area contributed by atoms with Crippen LogP contribution in [0.25, 0.3) is 10.8 Å². The molecule has 1 aliphatic rings. The van der Waals surface area contributed by atoms with E-state index < -0.39 is 11.7 Å². The first-order chi connectivity index (χ1) is 12.0. The minimum atomic E-state index is -0.639. The third-order valence-electron chi connectivity index (χ3n) is 4.20. The molecule has 1 aromatic heterocycles. The van der Waals surface area contributed by atoms with Crippen LogP contribution in [0.5, 0.6) is 0 Å². The predicted octanol–water partition coefficient (Wildman–Crippen LogP) is 3.18. The predicted molar refractivity (Wildman–Crippen MR) is 98.8 cm³/mol. The highest BCUT2D eigenvalue weighted by Crippen LogP contribution is 2.35. The molecule has 0 spiro atoms. The Bertz CT molecular complexity index is 1030. The van der Waals surface area contributed by atoms with Crippen molar-refractivity contribution in [1.29, 1.82) is 0 Å². The van der Waals surface area contributed by atoms with E-state index in [4.69, 9.17) is 0 Å². The van der Waals surface area contributed by atoms with Crippen LogP contribution < -0.4 is 15.5 Å². The van der Waals surface area contributed by atoms with Gasteiger partial charge in [0, 0.05) is 36.2 Å². The highest BCUT2D eigenvalue weighted by Gasteiger charge is 2.32. The van der Waals surface area contributed by atoms with Gasteiger partial charge in [-0.2, -0.15) is 0 Å². The number of carbonyl (C=O) groups is 2. The maximum absolute atomic E-state index is 12.1. The van der Waals surface area contributed by atoms with Crippen LogP contribution in [0, 0.1) is 0 Å². The van der Waals surface area contributed by atoms with Gasteiger partial charge in [-0.1, -0.05) is 30.3 Å². The number of Topliss-reactive ketones (excluding diaryl/α,β-unsaturated/α-hetero) is 1. The van der Waals surface area contributed by atoms with Crippen LogP contribution in [-0.2, 0) is 4.79 Å². The molecule has 1 aliphatic heterocycles. The monoisotopic (exact) mass is 332 g/mol. The van der Waals surface area contributed by atoms with E-state index in [0.29, 0.717) is 22.6 Å².